The quantitative estimate of drug-likeness (QED) is 0.444. The molecule has 0 aliphatic rings. The zero-order valence-electron chi connectivity index (χ0n) is 14.3. The first kappa shape index (κ1) is 24.9. The fourth-order valence-electron chi connectivity index (χ4n) is 1.69. The van der Waals surface area contributed by atoms with Gasteiger partial charge in [-0.05, 0) is 24.3 Å². The van der Waals surface area contributed by atoms with Gasteiger partial charge < -0.3 is 30.4 Å². The predicted octanol–water partition coefficient (Wildman–Crippen LogP) is -2.05. The molecule has 27 heavy (non-hydrogen) atoms. The van der Waals surface area contributed by atoms with E-state index < -0.39 is 36.8 Å². The average molecular weight is 494 g/mol. The SMILES string of the molecule is O=C([O-])CNC(=O)c1ccccc1.O=C([O-])CNC(=O)c1ccccc1.[Ba+2]. The van der Waals surface area contributed by atoms with Gasteiger partial charge in [0.05, 0.1) is 25.0 Å². The van der Waals surface area contributed by atoms with Crippen molar-refractivity contribution in [2.24, 2.45) is 0 Å². The molecule has 0 aliphatic carbocycles. The van der Waals surface area contributed by atoms with Gasteiger partial charge >= 0.3 is 48.9 Å². The van der Waals surface area contributed by atoms with E-state index in [9.17, 15) is 29.4 Å². The smallest absolute Gasteiger partial charge is 0.548 e. The molecule has 2 N–H and O–H groups in total. The number of carbonyl (C=O) groups is 4. The second-order valence-corrected chi connectivity index (χ2v) is 4.84. The van der Waals surface area contributed by atoms with Crippen molar-refractivity contribution in [2.45, 2.75) is 0 Å². The van der Waals surface area contributed by atoms with E-state index in [-0.39, 0.29) is 48.9 Å². The number of aliphatic carboxylic acids is 2. The van der Waals surface area contributed by atoms with Crippen LogP contribution in [0.25, 0.3) is 0 Å². The molecule has 2 rings (SSSR count). The summed E-state index contributed by atoms with van der Waals surface area (Å²) in [7, 11) is 0. The van der Waals surface area contributed by atoms with Gasteiger partial charge in [-0.1, -0.05) is 36.4 Å². The van der Waals surface area contributed by atoms with Crippen LogP contribution in [0.3, 0.4) is 0 Å². The number of rotatable bonds is 6. The van der Waals surface area contributed by atoms with Gasteiger partial charge in [-0.15, -0.1) is 0 Å². The predicted molar refractivity (Wildman–Crippen MR) is 93.3 cm³/mol. The van der Waals surface area contributed by atoms with Crippen LogP contribution in [0.5, 0.6) is 0 Å². The second-order valence-electron chi connectivity index (χ2n) is 4.84. The largest absolute Gasteiger partial charge is 2.00 e. The minimum atomic E-state index is -1.30. The number of nitrogens with one attached hydrogen (secondary N) is 2. The molecule has 0 aromatic heterocycles. The molecule has 136 valence electrons. The standard InChI is InChI=1S/2C9H9NO3.Ba/c2*11-8(12)6-10-9(13)7-4-2-1-3-5-7;/h2*1-5H,6H2,(H,10,13)(H,11,12);/q;;+2/p-2. The molecule has 0 fully saturated rings. The fourth-order valence-corrected chi connectivity index (χ4v) is 1.69. The van der Waals surface area contributed by atoms with Crippen molar-refractivity contribution in [3.05, 3.63) is 71.8 Å². The minimum Gasteiger partial charge on any atom is -0.548 e. The van der Waals surface area contributed by atoms with Crippen LogP contribution in [0.2, 0.25) is 0 Å². The van der Waals surface area contributed by atoms with Crippen LogP contribution in [0.15, 0.2) is 60.7 Å². The van der Waals surface area contributed by atoms with Gasteiger partial charge in [0.25, 0.3) is 11.8 Å². The number of hydrogen-bond acceptors (Lipinski definition) is 6. The first-order chi connectivity index (χ1) is 12.4. The number of carboxylic acid groups (broad SMARTS) is 2. The Hall–Kier alpha value is -2.11. The maximum Gasteiger partial charge on any atom is 2.00 e. The van der Waals surface area contributed by atoms with Crippen LogP contribution >= 0.6 is 0 Å². The number of amides is 2. The molecule has 8 nitrogen and oxygen atoms in total. The van der Waals surface area contributed by atoms with Gasteiger partial charge in [0.2, 0.25) is 0 Å². The summed E-state index contributed by atoms with van der Waals surface area (Å²) in [6.07, 6.45) is 0. The van der Waals surface area contributed by atoms with E-state index in [0.717, 1.165) is 0 Å². The van der Waals surface area contributed by atoms with Gasteiger partial charge in [0, 0.05) is 11.1 Å². The Bertz CT molecular complexity index is 687. The zero-order chi connectivity index (χ0) is 19.4. The monoisotopic (exact) mass is 494 g/mol. The van der Waals surface area contributed by atoms with Crippen molar-refractivity contribution in [1.29, 1.82) is 0 Å². The Balaban J connectivity index is 0.000000483. The summed E-state index contributed by atoms with van der Waals surface area (Å²) in [6.45, 7) is -0.929. The third kappa shape index (κ3) is 11.3. The summed E-state index contributed by atoms with van der Waals surface area (Å²) >= 11 is 0. The van der Waals surface area contributed by atoms with Gasteiger partial charge in [-0.3, -0.25) is 9.59 Å². The minimum absolute atomic E-state index is 0. The van der Waals surface area contributed by atoms with E-state index in [4.69, 9.17) is 0 Å². The van der Waals surface area contributed by atoms with Gasteiger partial charge in [-0.25, -0.2) is 0 Å². The average Bonchev–Trinajstić information content (AvgIpc) is 2.66. The molecule has 2 amide bonds. The molecule has 0 atom stereocenters. The summed E-state index contributed by atoms with van der Waals surface area (Å²) < 4.78 is 0. The van der Waals surface area contributed by atoms with E-state index in [1.807, 2.05) is 0 Å². The normalized spacial score (nSPS) is 8.89. The van der Waals surface area contributed by atoms with Crippen molar-refractivity contribution in [3.63, 3.8) is 0 Å². The summed E-state index contributed by atoms with van der Waals surface area (Å²) in [5, 5.41) is 24.4. The Morgan fingerprint density at radius 1 is 0.630 bits per heavy atom. The van der Waals surface area contributed by atoms with Crippen molar-refractivity contribution >= 4 is 72.6 Å². The van der Waals surface area contributed by atoms with E-state index >= 15 is 0 Å². The van der Waals surface area contributed by atoms with Crippen LogP contribution in [0.4, 0.5) is 0 Å². The van der Waals surface area contributed by atoms with Gasteiger partial charge in [-0.2, -0.15) is 0 Å². The van der Waals surface area contributed by atoms with E-state index in [1.54, 1.807) is 60.7 Å². The fraction of sp³-hybridized carbons (Fsp3) is 0.111. The zero-order valence-corrected chi connectivity index (χ0v) is 18.8. The molecule has 2 aromatic carbocycles. The molecular weight excluding hydrogens is 478 g/mol. The second kappa shape index (κ2) is 14.0. The first-order valence-electron chi connectivity index (χ1n) is 7.46. The molecule has 0 radical (unpaired) electrons. The molecule has 0 aliphatic heterocycles. The van der Waals surface area contributed by atoms with E-state index in [1.165, 1.54) is 0 Å². The molecule has 9 heteroatoms. The Morgan fingerprint density at radius 2 is 0.926 bits per heavy atom. The van der Waals surface area contributed by atoms with Crippen LogP contribution in [-0.4, -0.2) is 85.7 Å². The molecule has 0 saturated heterocycles. The third-order valence-corrected chi connectivity index (χ3v) is 2.86. The van der Waals surface area contributed by atoms with Gasteiger partial charge in [0.15, 0.2) is 0 Å². The van der Waals surface area contributed by atoms with E-state index in [2.05, 4.69) is 10.6 Å². The van der Waals surface area contributed by atoms with Gasteiger partial charge in [0.1, 0.15) is 0 Å². The van der Waals surface area contributed by atoms with Crippen LogP contribution in [0, 0.1) is 0 Å². The molecule has 0 bridgehead atoms. The molecule has 0 unspecified atom stereocenters. The number of carbonyl (C=O) groups excluding carboxylic acids is 4. The summed E-state index contributed by atoms with van der Waals surface area (Å²) in [4.78, 5) is 42.3. The molecule has 0 heterocycles. The summed E-state index contributed by atoms with van der Waals surface area (Å²) in [5.41, 5.74) is 0.868. The number of carboxylic acids is 2. The molecule has 0 spiro atoms. The maximum atomic E-state index is 11.1. The Morgan fingerprint density at radius 3 is 1.19 bits per heavy atom. The van der Waals surface area contributed by atoms with E-state index in [0.29, 0.717) is 11.1 Å². The number of benzene rings is 2. The molecule has 2 aromatic rings. The third-order valence-electron chi connectivity index (χ3n) is 2.86. The molecular formula is C18H16BaN2O6. The molecule has 0 saturated carbocycles. The van der Waals surface area contributed by atoms with Crippen molar-refractivity contribution < 1.29 is 29.4 Å². The summed E-state index contributed by atoms with van der Waals surface area (Å²) in [6, 6.07) is 16.8. The number of hydrogen-bond donors (Lipinski definition) is 2. The maximum absolute atomic E-state index is 11.1. The Kier molecular flexibility index (Phi) is 12.9. The topological polar surface area (TPSA) is 138 Å². The summed E-state index contributed by atoms with van der Waals surface area (Å²) in [5.74, 6) is -3.43. The van der Waals surface area contributed by atoms with Crippen molar-refractivity contribution in [1.82, 2.24) is 10.6 Å². The van der Waals surface area contributed by atoms with Crippen LogP contribution in [-0.2, 0) is 9.59 Å². The first-order valence-corrected chi connectivity index (χ1v) is 7.46. The van der Waals surface area contributed by atoms with Crippen molar-refractivity contribution in [2.75, 3.05) is 13.1 Å². The van der Waals surface area contributed by atoms with Crippen LogP contribution in [0.1, 0.15) is 20.7 Å². The van der Waals surface area contributed by atoms with Crippen molar-refractivity contribution in [3.8, 4) is 0 Å². The van der Waals surface area contributed by atoms with Crippen LogP contribution < -0.4 is 20.8 Å². The Labute approximate surface area is 196 Å².